The van der Waals surface area contributed by atoms with E-state index in [-0.39, 0.29) is 5.82 Å². The first-order valence-electron chi connectivity index (χ1n) is 10.0. The number of halogens is 2. The van der Waals surface area contributed by atoms with Crippen molar-refractivity contribution in [2.24, 2.45) is 0 Å². The van der Waals surface area contributed by atoms with Gasteiger partial charge < -0.3 is 18.9 Å². The largest absolute Gasteiger partial charge is 0.493 e. The fourth-order valence-electron chi connectivity index (χ4n) is 3.35. The molecule has 0 amide bonds. The van der Waals surface area contributed by atoms with Gasteiger partial charge in [0.2, 0.25) is 5.88 Å². The lowest BCUT2D eigenvalue weighted by molar-refractivity contribution is 0.0357. The minimum absolute atomic E-state index is 0.342. The first-order valence-corrected chi connectivity index (χ1v) is 10.8. The molecule has 1 fully saturated rings. The summed E-state index contributed by atoms with van der Waals surface area (Å²) in [4.78, 5) is 10.9. The Morgan fingerprint density at radius 1 is 1.10 bits per heavy atom. The van der Waals surface area contributed by atoms with Crippen LogP contribution in [0.25, 0.3) is 10.9 Å². The van der Waals surface area contributed by atoms with Gasteiger partial charge in [-0.05, 0) is 46.6 Å². The lowest BCUT2D eigenvalue weighted by Gasteiger charge is -2.26. The van der Waals surface area contributed by atoms with Crippen LogP contribution in [0.2, 0.25) is 0 Å². The standard InChI is InChI=1S/C22H23BrFN3O4/c1-28-20-12-16-18(13-21(20)30-8-2-5-27-6-9-29-10-7-27)25-14-26-22(16)31-19-4-3-15(24)11-17(19)23/h3-4,11-14H,2,5-10H2,1H3. The fourth-order valence-corrected chi connectivity index (χ4v) is 3.78. The molecular formula is C22H23BrFN3O4. The summed E-state index contributed by atoms with van der Waals surface area (Å²) in [5.41, 5.74) is 0.659. The van der Waals surface area contributed by atoms with Crippen LogP contribution in [0.3, 0.4) is 0 Å². The van der Waals surface area contributed by atoms with Crippen molar-refractivity contribution < 1.29 is 23.3 Å². The summed E-state index contributed by atoms with van der Waals surface area (Å²) in [5, 5.41) is 0.663. The van der Waals surface area contributed by atoms with E-state index >= 15 is 0 Å². The maximum absolute atomic E-state index is 13.4. The van der Waals surface area contributed by atoms with E-state index in [1.807, 2.05) is 6.07 Å². The van der Waals surface area contributed by atoms with Gasteiger partial charge in [0.25, 0.3) is 0 Å². The molecule has 0 bridgehead atoms. The average molecular weight is 492 g/mol. The number of hydrogen-bond acceptors (Lipinski definition) is 7. The Morgan fingerprint density at radius 3 is 2.71 bits per heavy atom. The molecule has 2 heterocycles. The highest BCUT2D eigenvalue weighted by atomic mass is 79.9. The quantitative estimate of drug-likeness (QED) is 0.431. The monoisotopic (exact) mass is 491 g/mol. The third-order valence-corrected chi connectivity index (χ3v) is 5.58. The second-order valence-corrected chi connectivity index (χ2v) is 7.89. The Labute approximate surface area is 188 Å². The number of methoxy groups -OCH3 is 1. The van der Waals surface area contributed by atoms with Gasteiger partial charge in [0.1, 0.15) is 17.9 Å². The topological polar surface area (TPSA) is 65.9 Å². The lowest BCUT2D eigenvalue weighted by Crippen LogP contribution is -2.37. The van der Waals surface area contributed by atoms with Gasteiger partial charge in [0, 0.05) is 25.7 Å². The highest BCUT2D eigenvalue weighted by Crippen LogP contribution is 2.37. The SMILES string of the molecule is COc1cc2c(Oc3ccc(F)cc3Br)ncnc2cc1OCCCN1CCOCC1. The van der Waals surface area contributed by atoms with E-state index in [1.54, 1.807) is 13.2 Å². The van der Waals surface area contributed by atoms with Crippen molar-refractivity contribution in [2.75, 3.05) is 46.6 Å². The van der Waals surface area contributed by atoms with Gasteiger partial charge in [0.15, 0.2) is 11.5 Å². The van der Waals surface area contributed by atoms with Crippen molar-refractivity contribution in [2.45, 2.75) is 6.42 Å². The van der Waals surface area contributed by atoms with Crippen molar-refractivity contribution >= 4 is 26.8 Å². The Balaban J connectivity index is 1.49. The first kappa shape index (κ1) is 21.7. The fraction of sp³-hybridized carbons (Fsp3) is 0.364. The van der Waals surface area contributed by atoms with Crippen LogP contribution in [0.4, 0.5) is 4.39 Å². The molecule has 1 saturated heterocycles. The predicted molar refractivity (Wildman–Crippen MR) is 118 cm³/mol. The van der Waals surface area contributed by atoms with Gasteiger partial charge in [-0.1, -0.05) is 0 Å². The molecule has 0 radical (unpaired) electrons. The van der Waals surface area contributed by atoms with E-state index < -0.39 is 0 Å². The summed E-state index contributed by atoms with van der Waals surface area (Å²) >= 11 is 3.31. The second kappa shape index (κ2) is 10.2. The van der Waals surface area contributed by atoms with E-state index in [9.17, 15) is 4.39 Å². The zero-order valence-corrected chi connectivity index (χ0v) is 18.7. The van der Waals surface area contributed by atoms with E-state index in [0.717, 1.165) is 39.3 Å². The minimum atomic E-state index is -0.358. The van der Waals surface area contributed by atoms with Gasteiger partial charge in [-0.15, -0.1) is 0 Å². The molecule has 0 unspecified atom stereocenters. The Morgan fingerprint density at radius 2 is 1.94 bits per heavy atom. The van der Waals surface area contributed by atoms with Crippen molar-refractivity contribution in [3.63, 3.8) is 0 Å². The van der Waals surface area contributed by atoms with E-state index in [0.29, 0.717) is 45.1 Å². The van der Waals surface area contributed by atoms with Crippen LogP contribution in [0.15, 0.2) is 41.1 Å². The Hall–Kier alpha value is -2.49. The molecule has 0 aliphatic carbocycles. The summed E-state index contributed by atoms with van der Waals surface area (Å²) in [7, 11) is 1.59. The smallest absolute Gasteiger partial charge is 0.230 e. The first-order chi connectivity index (χ1) is 15.1. The number of nitrogens with zero attached hydrogens (tertiary/aromatic N) is 3. The molecular weight excluding hydrogens is 469 g/mol. The molecule has 1 aliphatic heterocycles. The summed E-state index contributed by atoms with van der Waals surface area (Å²) in [6.45, 7) is 5.03. The number of benzene rings is 2. The molecule has 0 N–H and O–H groups in total. The number of morpholine rings is 1. The molecule has 2 aromatic carbocycles. The lowest BCUT2D eigenvalue weighted by atomic mass is 10.2. The molecule has 4 rings (SSSR count). The summed E-state index contributed by atoms with van der Waals surface area (Å²) in [6, 6.07) is 7.81. The van der Waals surface area contributed by atoms with Gasteiger partial charge in [-0.25, -0.2) is 14.4 Å². The summed E-state index contributed by atoms with van der Waals surface area (Å²) in [6.07, 6.45) is 2.32. The molecule has 31 heavy (non-hydrogen) atoms. The van der Waals surface area contributed by atoms with Crippen molar-refractivity contribution in [3.8, 4) is 23.1 Å². The molecule has 164 valence electrons. The van der Waals surface area contributed by atoms with Crippen LogP contribution in [-0.4, -0.2) is 61.4 Å². The minimum Gasteiger partial charge on any atom is -0.493 e. The molecule has 9 heteroatoms. The highest BCUT2D eigenvalue weighted by molar-refractivity contribution is 9.10. The van der Waals surface area contributed by atoms with E-state index in [4.69, 9.17) is 18.9 Å². The average Bonchev–Trinajstić information content (AvgIpc) is 2.79. The van der Waals surface area contributed by atoms with Gasteiger partial charge in [-0.3, -0.25) is 4.90 Å². The van der Waals surface area contributed by atoms with Gasteiger partial charge in [0.05, 0.1) is 42.3 Å². The zero-order chi connectivity index (χ0) is 21.6. The third kappa shape index (κ3) is 5.41. The molecule has 1 aliphatic rings. The van der Waals surface area contributed by atoms with Crippen LogP contribution < -0.4 is 14.2 Å². The zero-order valence-electron chi connectivity index (χ0n) is 17.1. The number of fused-ring (bicyclic) bond motifs is 1. The maximum atomic E-state index is 13.4. The van der Waals surface area contributed by atoms with Crippen LogP contribution in [-0.2, 0) is 4.74 Å². The van der Waals surface area contributed by atoms with E-state index in [1.165, 1.54) is 24.5 Å². The predicted octanol–water partition coefficient (Wildman–Crippen LogP) is 4.43. The molecule has 0 atom stereocenters. The van der Waals surface area contributed by atoms with Crippen LogP contribution >= 0.6 is 15.9 Å². The molecule has 0 spiro atoms. The number of hydrogen-bond donors (Lipinski definition) is 0. The molecule has 3 aromatic rings. The maximum Gasteiger partial charge on any atom is 0.230 e. The van der Waals surface area contributed by atoms with Gasteiger partial charge in [-0.2, -0.15) is 0 Å². The Bertz CT molecular complexity index is 1050. The van der Waals surface area contributed by atoms with Crippen molar-refractivity contribution in [1.29, 1.82) is 0 Å². The Kier molecular flexibility index (Phi) is 7.16. The second-order valence-electron chi connectivity index (χ2n) is 7.03. The molecule has 7 nitrogen and oxygen atoms in total. The number of rotatable bonds is 8. The molecule has 1 aromatic heterocycles. The van der Waals surface area contributed by atoms with Crippen molar-refractivity contribution in [1.82, 2.24) is 14.9 Å². The normalized spacial score (nSPS) is 14.5. The number of ether oxygens (including phenoxy) is 4. The van der Waals surface area contributed by atoms with Crippen molar-refractivity contribution in [3.05, 3.63) is 46.9 Å². The third-order valence-electron chi connectivity index (χ3n) is 4.96. The summed E-state index contributed by atoms with van der Waals surface area (Å²) in [5.74, 6) is 1.61. The van der Waals surface area contributed by atoms with Crippen LogP contribution in [0.5, 0.6) is 23.1 Å². The number of aromatic nitrogens is 2. The van der Waals surface area contributed by atoms with Crippen LogP contribution in [0, 0.1) is 5.82 Å². The highest BCUT2D eigenvalue weighted by Gasteiger charge is 2.15. The molecule has 0 saturated carbocycles. The summed E-state index contributed by atoms with van der Waals surface area (Å²) < 4.78 is 36.6. The van der Waals surface area contributed by atoms with E-state index in [2.05, 4.69) is 30.8 Å². The van der Waals surface area contributed by atoms with Crippen LogP contribution in [0.1, 0.15) is 6.42 Å². The van der Waals surface area contributed by atoms with Gasteiger partial charge >= 0.3 is 0 Å².